The molecule has 1 saturated heterocycles. The van der Waals surface area contributed by atoms with Gasteiger partial charge in [-0.25, -0.2) is 9.37 Å². The highest BCUT2D eigenvalue weighted by molar-refractivity contribution is 6.30. The molecule has 0 bridgehead atoms. The van der Waals surface area contributed by atoms with E-state index < -0.39 is 42.6 Å². The number of hydrogen-bond acceptors (Lipinski definition) is 5. The van der Waals surface area contributed by atoms with Crippen molar-refractivity contribution < 1.29 is 23.9 Å². The van der Waals surface area contributed by atoms with E-state index in [1.54, 1.807) is 43.3 Å². The van der Waals surface area contributed by atoms with Crippen LogP contribution in [0.3, 0.4) is 0 Å². The fraction of sp³-hybridized carbons (Fsp3) is 0.412. The maximum absolute atomic E-state index is 15.5. The maximum Gasteiger partial charge on any atom is 0.305 e. The van der Waals surface area contributed by atoms with Crippen LogP contribution in [-0.4, -0.2) is 58.5 Å². The fourth-order valence-corrected chi connectivity index (χ4v) is 6.31. The quantitative estimate of drug-likeness (QED) is 0.251. The normalized spacial score (nSPS) is 14.8. The molecule has 8 nitrogen and oxygen atoms in total. The number of carbonyl (C=O) groups is 3. The summed E-state index contributed by atoms with van der Waals surface area (Å²) in [6.45, 7) is 11.3. The first-order valence-electron chi connectivity index (χ1n) is 14.9. The summed E-state index contributed by atoms with van der Waals surface area (Å²) in [7, 11) is 0. The highest BCUT2D eigenvalue weighted by Crippen LogP contribution is 2.34. The van der Waals surface area contributed by atoms with Gasteiger partial charge in [0.2, 0.25) is 5.91 Å². The third-order valence-corrected chi connectivity index (χ3v) is 8.47. The van der Waals surface area contributed by atoms with Gasteiger partial charge in [-0.05, 0) is 125 Å². The Kier molecular flexibility index (Phi) is 10.8. The number of aliphatic carboxylic acids is 1. The van der Waals surface area contributed by atoms with Gasteiger partial charge in [-0.3, -0.25) is 14.4 Å². The number of aromatic nitrogens is 1. The van der Waals surface area contributed by atoms with Gasteiger partial charge in [-0.2, -0.15) is 0 Å². The van der Waals surface area contributed by atoms with E-state index in [0.29, 0.717) is 22.2 Å². The number of carboxylic acid groups (broad SMARTS) is 1. The number of likely N-dealkylation sites (tertiary alicyclic amines) is 1. The summed E-state index contributed by atoms with van der Waals surface area (Å²) in [5.41, 5.74) is 4.71. The average Bonchev–Trinajstić information content (AvgIpc) is 2.96. The van der Waals surface area contributed by atoms with Crippen molar-refractivity contribution in [3.05, 3.63) is 86.9 Å². The van der Waals surface area contributed by atoms with E-state index in [1.807, 2.05) is 19.9 Å². The molecule has 10 heteroatoms. The van der Waals surface area contributed by atoms with Crippen molar-refractivity contribution in [3.63, 3.8) is 0 Å². The van der Waals surface area contributed by atoms with Crippen LogP contribution in [0.15, 0.2) is 42.5 Å². The predicted octanol–water partition coefficient (Wildman–Crippen LogP) is 6.12. The molecule has 1 fully saturated rings. The Labute approximate surface area is 263 Å². The van der Waals surface area contributed by atoms with E-state index in [9.17, 15) is 19.5 Å². The number of nitrogens with zero attached hydrogens (tertiary/aromatic N) is 2. The van der Waals surface area contributed by atoms with Gasteiger partial charge in [0.15, 0.2) is 0 Å². The van der Waals surface area contributed by atoms with Crippen molar-refractivity contribution in [2.75, 3.05) is 19.6 Å². The molecule has 1 aromatic heterocycles. The molecule has 2 amide bonds. The lowest BCUT2D eigenvalue weighted by molar-refractivity contribution is -0.137. The minimum atomic E-state index is -1.21. The molecule has 44 heavy (non-hydrogen) atoms. The van der Waals surface area contributed by atoms with E-state index >= 15 is 4.39 Å². The highest BCUT2D eigenvalue weighted by Gasteiger charge is 2.26. The molecule has 0 spiro atoms. The average molecular weight is 623 g/mol. The van der Waals surface area contributed by atoms with Crippen molar-refractivity contribution in [2.45, 2.75) is 71.9 Å². The Morgan fingerprint density at radius 3 is 2.32 bits per heavy atom. The molecule has 2 aromatic carbocycles. The zero-order chi connectivity index (χ0) is 32.1. The number of piperidine rings is 1. The third kappa shape index (κ3) is 8.01. The number of pyridine rings is 1. The summed E-state index contributed by atoms with van der Waals surface area (Å²) in [5.74, 6) is -2.72. The molecule has 234 valence electrons. The first-order chi connectivity index (χ1) is 20.8. The second-order valence-corrected chi connectivity index (χ2v) is 12.3. The van der Waals surface area contributed by atoms with Crippen LogP contribution >= 0.6 is 11.6 Å². The molecule has 1 unspecified atom stereocenters. The molecule has 0 saturated carbocycles. The van der Waals surface area contributed by atoms with Gasteiger partial charge in [-0.15, -0.1) is 0 Å². The molecule has 1 aliphatic heterocycles. The first-order valence-corrected chi connectivity index (χ1v) is 15.3. The number of amides is 2. The van der Waals surface area contributed by atoms with E-state index in [0.717, 1.165) is 48.3 Å². The number of halogens is 2. The van der Waals surface area contributed by atoms with Crippen LogP contribution in [0.2, 0.25) is 5.02 Å². The number of hydrogen-bond donors (Lipinski definition) is 3. The topological polar surface area (TPSA) is 112 Å². The lowest BCUT2D eigenvalue weighted by Gasteiger charge is -2.34. The smallest absolute Gasteiger partial charge is 0.305 e. The Morgan fingerprint density at radius 2 is 1.70 bits per heavy atom. The summed E-state index contributed by atoms with van der Waals surface area (Å²) in [4.78, 5) is 44.6. The van der Waals surface area contributed by atoms with Crippen molar-refractivity contribution in [3.8, 4) is 11.1 Å². The van der Waals surface area contributed by atoms with E-state index in [2.05, 4.69) is 34.4 Å². The summed E-state index contributed by atoms with van der Waals surface area (Å²) >= 11 is 6.20. The molecular formula is C34H40ClFN4O4. The number of benzene rings is 2. The van der Waals surface area contributed by atoms with Crippen molar-refractivity contribution >= 4 is 29.4 Å². The monoisotopic (exact) mass is 622 g/mol. The Balaban J connectivity index is 1.47. The lowest BCUT2D eigenvalue weighted by atomic mass is 9.90. The van der Waals surface area contributed by atoms with E-state index in [1.165, 1.54) is 0 Å². The molecule has 0 radical (unpaired) electrons. The van der Waals surface area contributed by atoms with Gasteiger partial charge in [0.05, 0.1) is 19.0 Å². The van der Waals surface area contributed by atoms with Crippen molar-refractivity contribution in [2.24, 2.45) is 0 Å². The molecule has 4 rings (SSSR count). The second kappa shape index (κ2) is 14.3. The van der Waals surface area contributed by atoms with Crippen molar-refractivity contribution in [1.29, 1.82) is 0 Å². The fourth-order valence-electron chi connectivity index (χ4n) is 5.99. The second-order valence-electron chi connectivity index (χ2n) is 11.9. The van der Waals surface area contributed by atoms with Gasteiger partial charge in [0, 0.05) is 28.2 Å². The number of carbonyl (C=O) groups excluding carboxylic acids is 2. The van der Waals surface area contributed by atoms with Crippen LogP contribution in [0.5, 0.6) is 0 Å². The summed E-state index contributed by atoms with van der Waals surface area (Å²) in [5, 5.41) is 15.4. The number of rotatable bonds is 10. The van der Waals surface area contributed by atoms with Crippen LogP contribution < -0.4 is 10.6 Å². The number of carboxylic acids is 1. The Hall–Kier alpha value is -3.82. The molecule has 1 atom stereocenters. The minimum absolute atomic E-state index is 0.0497. The van der Waals surface area contributed by atoms with Gasteiger partial charge in [0.25, 0.3) is 5.91 Å². The van der Waals surface area contributed by atoms with E-state index in [4.69, 9.17) is 11.6 Å². The molecule has 3 N–H and O–H groups in total. The van der Waals surface area contributed by atoms with Crippen LogP contribution in [0.1, 0.15) is 83.5 Å². The largest absolute Gasteiger partial charge is 0.481 e. The van der Waals surface area contributed by atoms with Crippen LogP contribution in [0.25, 0.3) is 11.1 Å². The van der Waals surface area contributed by atoms with Crippen molar-refractivity contribution in [1.82, 2.24) is 20.5 Å². The molecular weight excluding hydrogens is 583 g/mol. The standard InChI is InChI=1S/C34H40ClFN4O4/c1-19(2)40-11-9-23(10-12-40)27-7-6-8-28(38-27)34(44)37-18-30(41)39-29(17-31(42)43)26-16-24(13-22(5)33(26)36)32-20(3)14-25(35)15-21(32)4/h6-8,13-16,19,23,29H,9-12,17-18H2,1-5H3,(H,37,44)(H,39,41)(H,42,43). The maximum atomic E-state index is 15.5. The third-order valence-electron chi connectivity index (χ3n) is 8.25. The molecule has 2 heterocycles. The van der Waals surface area contributed by atoms with Crippen LogP contribution in [0, 0.1) is 26.6 Å². The predicted molar refractivity (Wildman–Crippen MR) is 169 cm³/mol. The first kappa shape index (κ1) is 33.1. The summed E-state index contributed by atoms with van der Waals surface area (Å²) in [6.07, 6.45) is 1.37. The summed E-state index contributed by atoms with van der Waals surface area (Å²) < 4.78 is 15.5. The highest BCUT2D eigenvalue weighted by atomic mass is 35.5. The Bertz CT molecular complexity index is 1530. The van der Waals surface area contributed by atoms with Gasteiger partial charge in [0.1, 0.15) is 11.5 Å². The minimum Gasteiger partial charge on any atom is -0.481 e. The van der Waals surface area contributed by atoms with Gasteiger partial charge >= 0.3 is 5.97 Å². The van der Waals surface area contributed by atoms with Crippen LogP contribution in [0.4, 0.5) is 4.39 Å². The summed E-state index contributed by atoms with van der Waals surface area (Å²) in [6, 6.07) is 11.5. The van der Waals surface area contributed by atoms with Gasteiger partial charge in [-0.1, -0.05) is 17.7 Å². The lowest BCUT2D eigenvalue weighted by Crippen LogP contribution is -2.40. The molecule has 1 aliphatic rings. The van der Waals surface area contributed by atoms with Gasteiger partial charge < -0.3 is 20.6 Å². The molecule has 0 aliphatic carbocycles. The number of aryl methyl sites for hydroxylation is 3. The van der Waals surface area contributed by atoms with Crippen LogP contribution in [-0.2, 0) is 9.59 Å². The SMILES string of the molecule is Cc1cc(-c2c(C)cc(Cl)cc2C)cc(C(CC(=O)O)NC(=O)CNC(=O)c2cccc(C3CCN(C(C)C)CC3)n2)c1F. The molecule has 3 aromatic rings. The zero-order valence-corrected chi connectivity index (χ0v) is 26.6. The number of nitrogens with one attached hydrogen (secondary N) is 2. The van der Waals surface area contributed by atoms with E-state index in [-0.39, 0.29) is 17.2 Å². The zero-order valence-electron chi connectivity index (χ0n) is 25.8. The Morgan fingerprint density at radius 1 is 1.05 bits per heavy atom.